The molecule has 0 spiro atoms. The summed E-state index contributed by atoms with van der Waals surface area (Å²) >= 11 is 0. The molecule has 1 N–H and O–H groups in total. The van der Waals surface area contributed by atoms with Gasteiger partial charge in [-0.3, -0.25) is 9.08 Å². The van der Waals surface area contributed by atoms with E-state index in [1.165, 1.54) is 6.07 Å². The Hall–Kier alpha value is -3.42. The van der Waals surface area contributed by atoms with Crippen molar-refractivity contribution in [2.75, 3.05) is 11.9 Å². The molecular formula is C23H25FN6O. The van der Waals surface area contributed by atoms with E-state index in [1.54, 1.807) is 6.07 Å². The van der Waals surface area contributed by atoms with Crippen LogP contribution in [0.5, 0.6) is 5.75 Å². The fourth-order valence-corrected chi connectivity index (χ4v) is 4.10. The highest BCUT2D eigenvalue weighted by atomic mass is 19.1. The number of hydrogen-bond acceptors (Lipinski definition) is 5. The van der Waals surface area contributed by atoms with Crippen molar-refractivity contribution < 1.29 is 9.13 Å². The maximum atomic E-state index is 14.5. The third kappa shape index (κ3) is 3.32. The number of benzene rings is 1. The van der Waals surface area contributed by atoms with E-state index in [0.29, 0.717) is 24.7 Å². The molecule has 0 amide bonds. The number of anilines is 1. The fraction of sp³-hybridized carbons (Fsp3) is 0.348. The number of fused-ring (bicyclic) bond motifs is 2. The largest absolute Gasteiger partial charge is 0.493 e. The highest BCUT2D eigenvalue weighted by Gasteiger charge is 2.21. The number of nitrogens with zero attached hydrogens (tertiary/aromatic N) is 5. The van der Waals surface area contributed by atoms with Gasteiger partial charge in [0.2, 0.25) is 5.95 Å². The van der Waals surface area contributed by atoms with Gasteiger partial charge in [-0.05, 0) is 39.8 Å². The first kappa shape index (κ1) is 19.5. The molecule has 0 atom stereocenters. The second kappa shape index (κ2) is 7.37. The first-order valence-electron chi connectivity index (χ1n) is 10.5. The summed E-state index contributed by atoms with van der Waals surface area (Å²) in [5.74, 6) is 1.15. The summed E-state index contributed by atoms with van der Waals surface area (Å²) in [6.07, 6.45) is 6.50. The summed E-state index contributed by atoms with van der Waals surface area (Å²) in [7, 11) is 0. The van der Waals surface area contributed by atoms with Crippen molar-refractivity contribution in [1.29, 1.82) is 0 Å². The van der Waals surface area contributed by atoms with E-state index in [2.05, 4.69) is 29.2 Å². The Morgan fingerprint density at radius 1 is 1.19 bits per heavy atom. The van der Waals surface area contributed by atoms with Gasteiger partial charge in [0.1, 0.15) is 17.2 Å². The highest BCUT2D eigenvalue weighted by Crippen LogP contribution is 2.32. The van der Waals surface area contributed by atoms with Crippen LogP contribution in [0.4, 0.5) is 10.3 Å². The standard InChI is InChI=1S/C23H25FN6O/c1-13(2)30-12-19(15(4)28-30)18-10-26-23(29-11-14(3)27-22(18)29)25-9-17-16-7-8-31-21(16)6-5-20(17)24/h5-6,10-13H,7-9H2,1-4H3,(H,25,26). The Bertz CT molecular complexity index is 1290. The highest BCUT2D eigenvalue weighted by molar-refractivity contribution is 5.79. The lowest BCUT2D eigenvalue weighted by Crippen LogP contribution is -2.09. The van der Waals surface area contributed by atoms with E-state index in [9.17, 15) is 4.39 Å². The average molecular weight is 420 g/mol. The van der Waals surface area contributed by atoms with Gasteiger partial charge in [0, 0.05) is 59.9 Å². The number of aryl methyl sites for hydroxylation is 2. The molecule has 4 heterocycles. The summed E-state index contributed by atoms with van der Waals surface area (Å²) in [5, 5.41) is 7.92. The van der Waals surface area contributed by atoms with Crippen molar-refractivity contribution in [3.63, 3.8) is 0 Å². The predicted molar refractivity (Wildman–Crippen MR) is 117 cm³/mol. The number of rotatable bonds is 5. The number of halogens is 1. The Morgan fingerprint density at radius 2 is 2.03 bits per heavy atom. The van der Waals surface area contributed by atoms with Crippen LogP contribution in [0.2, 0.25) is 0 Å². The van der Waals surface area contributed by atoms with E-state index < -0.39 is 0 Å². The van der Waals surface area contributed by atoms with Gasteiger partial charge in [0.05, 0.1) is 18.0 Å². The summed E-state index contributed by atoms with van der Waals surface area (Å²) < 4.78 is 24.0. The maximum Gasteiger partial charge on any atom is 0.208 e. The topological polar surface area (TPSA) is 69.3 Å². The molecule has 7 nitrogen and oxygen atoms in total. The van der Waals surface area contributed by atoms with Crippen LogP contribution in [-0.2, 0) is 13.0 Å². The summed E-state index contributed by atoms with van der Waals surface area (Å²) in [6, 6.07) is 3.43. The zero-order chi connectivity index (χ0) is 21.7. The molecule has 31 heavy (non-hydrogen) atoms. The first-order valence-corrected chi connectivity index (χ1v) is 10.5. The number of ether oxygens (including phenoxy) is 1. The van der Waals surface area contributed by atoms with Gasteiger partial charge in [-0.2, -0.15) is 5.10 Å². The molecule has 8 heteroatoms. The van der Waals surface area contributed by atoms with Gasteiger partial charge in [-0.1, -0.05) is 0 Å². The molecule has 1 aliphatic heterocycles. The van der Waals surface area contributed by atoms with E-state index in [1.807, 2.05) is 41.5 Å². The van der Waals surface area contributed by atoms with Gasteiger partial charge in [0.25, 0.3) is 0 Å². The molecule has 0 radical (unpaired) electrons. The summed E-state index contributed by atoms with van der Waals surface area (Å²) in [6.45, 7) is 9.05. The lowest BCUT2D eigenvalue weighted by atomic mass is 10.0. The number of aromatic nitrogens is 5. The van der Waals surface area contributed by atoms with Crippen molar-refractivity contribution in [2.45, 2.75) is 46.7 Å². The smallest absolute Gasteiger partial charge is 0.208 e. The van der Waals surface area contributed by atoms with Crippen molar-refractivity contribution in [1.82, 2.24) is 24.1 Å². The number of nitrogens with one attached hydrogen (secondary N) is 1. The molecule has 5 rings (SSSR count). The molecule has 4 aromatic rings. The van der Waals surface area contributed by atoms with E-state index in [-0.39, 0.29) is 11.9 Å². The van der Waals surface area contributed by atoms with Crippen molar-refractivity contribution in [3.8, 4) is 16.9 Å². The van der Waals surface area contributed by atoms with Crippen LogP contribution in [0.1, 0.15) is 42.4 Å². The normalized spacial score (nSPS) is 13.1. The molecule has 0 bridgehead atoms. The lowest BCUT2D eigenvalue weighted by Gasteiger charge is -2.13. The number of hydrogen-bond donors (Lipinski definition) is 1. The van der Waals surface area contributed by atoms with E-state index >= 15 is 0 Å². The zero-order valence-electron chi connectivity index (χ0n) is 18.1. The van der Waals surface area contributed by atoms with Crippen molar-refractivity contribution >= 4 is 11.6 Å². The average Bonchev–Trinajstić information content (AvgIpc) is 3.45. The number of imidazole rings is 1. The molecule has 0 unspecified atom stereocenters. The predicted octanol–water partition coefficient (Wildman–Crippen LogP) is 4.48. The molecule has 1 aliphatic rings. The van der Waals surface area contributed by atoms with E-state index in [0.717, 1.165) is 45.9 Å². The molecule has 3 aromatic heterocycles. The third-order valence-corrected chi connectivity index (χ3v) is 5.71. The van der Waals surface area contributed by atoms with Crippen LogP contribution >= 0.6 is 0 Å². The van der Waals surface area contributed by atoms with Crippen molar-refractivity contribution in [3.05, 3.63) is 59.1 Å². The van der Waals surface area contributed by atoms with Gasteiger partial charge < -0.3 is 10.1 Å². The van der Waals surface area contributed by atoms with Gasteiger partial charge >= 0.3 is 0 Å². The summed E-state index contributed by atoms with van der Waals surface area (Å²) in [4.78, 5) is 9.38. The molecular weight excluding hydrogens is 395 g/mol. The molecule has 0 fully saturated rings. The minimum Gasteiger partial charge on any atom is -0.493 e. The summed E-state index contributed by atoms with van der Waals surface area (Å²) in [5.41, 5.74) is 6.09. The third-order valence-electron chi connectivity index (χ3n) is 5.71. The van der Waals surface area contributed by atoms with Crippen LogP contribution in [0.15, 0.2) is 30.7 Å². The quantitative estimate of drug-likeness (QED) is 0.516. The first-order chi connectivity index (χ1) is 14.9. The van der Waals surface area contributed by atoms with Crippen LogP contribution in [0, 0.1) is 19.7 Å². The van der Waals surface area contributed by atoms with E-state index in [4.69, 9.17) is 9.72 Å². The molecule has 0 saturated heterocycles. The van der Waals surface area contributed by atoms with Gasteiger partial charge in [-0.25, -0.2) is 14.4 Å². The second-order valence-corrected chi connectivity index (χ2v) is 8.23. The maximum absolute atomic E-state index is 14.5. The Labute approximate surface area is 179 Å². The van der Waals surface area contributed by atoms with Crippen LogP contribution in [-0.4, -0.2) is 30.8 Å². The second-order valence-electron chi connectivity index (χ2n) is 8.23. The zero-order valence-corrected chi connectivity index (χ0v) is 18.1. The minimum atomic E-state index is -0.233. The van der Waals surface area contributed by atoms with Crippen LogP contribution < -0.4 is 10.1 Å². The lowest BCUT2D eigenvalue weighted by molar-refractivity contribution is 0.356. The molecule has 0 aliphatic carbocycles. The minimum absolute atomic E-state index is 0.233. The SMILES string of the molecule is Cc1cn2c(NCc3c(F)ccc4c3CCO4)ncc(-c3cn(C(C)C)nc3C)c2n1. The van der Waals surface area contributed by atoms with Crippen LogP contribution in [0.25, 0.3) is 16.8 Å². The Balaban J connectivity index is 1.53. The molecule has 160 valence electrons. The Morgan fingerprint density at radius 3 is 2.81 bits per heavy atom. The monoisotopic (exact) mass is 420 g/mol. The fourth-order valence-electron chi connectivity index (χ4n) is 4.10. The molecule has 0 saturated carbocycles. The van der Waals surface area contributed by atoms with Gasteiger partial charge in [-0.15, -0.1) is 0 Å². The Kier molecular flexibility index (Phi) is 4.64. The van der Waals surface area contributed by atoms with Gasteiger partial charge in [0.15, 0.2) is 0 Å². The van der Waals surface area contributed by atoms with Crippen LogP contribution in [0.3, 0.4) is 0 Å². The molecule has 1 aromatic carbocycles. The van der Waals surface area contributed by atoms with Crippen molar-refractivity contribution in [2.24, 2.45) is 0 Å².